The second-order valence-electron chi connectivity index (χ2n) is 9.96. The van der Waals surface area contributed by atoms with Crippen molar-refractivity contribution in [2.24, 2.45) is 0 Å². The molecule has 0 fully saturated rings. The normalized spacial score (nSPS) is 11.7. The van der Waals surface area contributed by atoms with E-state index in [4.69, 9.17) is 45.5 Å². The molecule has 1 aromatic heterocycles. The van der Waals surface area contributed by atoms with Crippen LogP contribution in [0.15, 0.2) is 6.20 Å². The van der Waals surface area contributed by atoms with Gasteiger partial charge in [-0.05, 0) is 38.5 Å². The molecule has 0 aliphatic rings. The summed E-state index contributed by atoms with van der Waals surface area (Å²) < 4.78 is 28.7. The molecule has 3 amide bonds. The third-order valence-corrected chi connectivity index (χ3v) is 6.30. The van der Waals surface area contributed by atoms with Crippen LogP contribution in [-0.4, -0.2) is 127 Å². The Kier molecular flexibility index (Phi) is 25.1. The number of ether oxygens (including phenoxy) is 5. The molecule has 46 heavy (non-hydrogen) atoms. The second-order valence-corrected chi connectivity index (χ2v) is 10.3. The van der Waals surface area contributed by atoms with Gasteiger partial charge in [-0.2, -0.15) is 0 Å². The zero-order valence-corrected chi connectivity index (χ0v) is 27.0. The number of carbonyl (C=O) groups is 4. The highest BCUT2D eigenvalue weighted by Gasteiger charge is 2.20. The van der Waals surface area contributed by atoms with E-state index in [2.05, 4.69) is 26.3 Å². The lowest BCUT2D eigenvalue weighted by Gasteiger charge is -2.14. The predicted octanol–water partition coefficient (Wildman–Crippen LogP) is 1.13. The van der Waals surface area contributed by atoms with Gasteiger partial charge in [0.05, 0.1) is 45.8 Å². The Morgan fingerprint density at radius 3 is 2.28 bits per heavy atom. The summed E-state index contributed by atoms with van der Waals surface area (Å²) in [6.45, 7) is 4.90. The van der Waals surface area contributed by atoms with Gasteiger partial charge in [0.25, 0.3) is 0 Å². The van der Waals surface area contributed by atoms with Crippen LogP contribution >= 0.6 is 11.6 Å². The molecule has 0 aliphatic carbocycles. The molecular weight excluding hydrogens is 632 g/mol. The Morgan fingerprint density at radius 2 is 1.52 bits per heavy atom. The summed E-state index contributed by atoms with van der Waals surface area (Å²) in [6.07, 6.45) is 5.31. The Morgan fingerprint density at radius 1 is 0.804 bits per heavy atom. The molecule has 1 atom stereocenters. The summed E-state index contributed by atoms with van der Waals surface area (Å²) in [5, 5.41) is 33.4. The van der Waals surface area contributed by atoms with Gasteiger partial charge in [-0.15, -0.1) is 16.7 Å². The molecule has 1 heterocycles. The Hall–Kier alpha value is -3.09. The zero-order chi connectivity index (χ0) is 33.7. The van der Waals surface area contributed by atoms with Crippen LogP contribution in [0, 0.1) is 0 Å². The first kappa shape index (κ1) is 40.9. The molecule has 0 saturated heterocycles. The molecule has 0 radical (unpaired) electrons. The van der Waals surface area contributed by atoms with Gasteiger partial charge in [0, 0.05) is 51.6 Å². The predicted molar refractivity (Wildman–Crippen MR) is 164 cm³/mol. The summed E-state index contributed by atoms with van der Waals surface area (Å²) in [6, 6.07) is -1.94. The smallest absolute Gasteiger partial charge is 0.326 e. The third-order valence-electron chi connectivity index (χ3n) is 6.03. The van der Waals surface area contributed by atoms with E-state index in [1.54, 1.807) is 10.9 Å². The highest BCUT2D eigenvalue weighted by atomic mass is 35.5. The number of unbranched alkanes of at least 4 members (excludes halogenated alkanes) is 2. The summed E-state index contributed by atoms with van der Waals surface area (Å²) >= 11 is 5.60. The molecule has 0 bridgehead atoms. The second kappa shape index (κ2) is 28.2. The van der Waals surface area contributed by atoms with E-state index in [1.165, 1.54) is 0 Å². The number of halogens is 1. The zero-order valence-electron chi connectivity index (χ0n) is 26.3. The number of carbonyl (C=O) groups excluding carboxylic acids is 2. The Labute approximate surface area is 273 Å². The fraction of sp³-hybridized carbons (Fsp3) is 0.786. The summed E-state index contributed by atoms with van der Waals surface area (Å²) in [4.78, 5) is 45.4. The maximum absolute atomic E-state index is 11.9. The van der Waals surface area contributed by atoms with Crippen molar-refractivity contribution in [1.82, 2.24) is 30.9 Å². The first-order valence-electron chi connectivity index (χ1n) is 15.4. The van der Waals surface area contributed by atoms with E-state index in [0.29, 0.717) is 103 Å². The number of alkyl halides is 1. The van der Waals surface area contributed by atoms with Crippen LogP contribution in [0.3, 0.4) is 0 Å². The van der Waals surface area contributed by atoms with E-state index < -0.39 is 24.0 Å². The number of aliphatic carboxylic acids is 2. The van der Waals surface area contributed by atoms with Crippen LogP contribution in [0.1, 0.15) is 57.1 Å². The van der Waals surface area contributed by atoms with Crippen molar-refractivity contribution >= 4 is 35.5 Å². The molecule has 0 aliphatic heterocycles. The van der Waals surface area contributed by atoms with E-state index in [-0.39, 0.29) is 32.1 Å². The molecule has 0 aromatic carbocycles. The first-order chi connectivity index (χ1) is 22.3. The Balaban J connectivity index is 1.93. The number of carboxylic acids is 2. The molecule has 5 N–H and O–H groups in total. The standard InChI is InChI=1S/C28H49ClN6O11/c29-9-1-4-13-42-16-17-43-15-11-30-25(36)6-5-14-45-22-46-19-18-44-21-23-20-35(34-33-23)12-3-2-10-31-28(41)32-24(27(39)40)7-8-26(37)38/h20,24H,1-19,21-22H2,(H,30,36)(H,37,38)(H,39,40)(H2,31,32,41)/t24-/m0/s1. The number of carboxylic acid groups (broad SMARTS) is 2. The maximum atomic E-state index is 11.9. The average Bonchev–Trinajstić information content (AvgIpc) is 3.48. The van der Waals surface area contributed by atoms with Crippen molar-refractivity contribution in [2.45, 2.75) is 70.6 Å². The van der Waals surface area contributed by atoms with Gasteiger partial charge in [-0.1, -0.05) is 5.21 Å². The lowest BCUT2D eigenvalue weighted by atomic mass is 10.1. The summed E-state index contributed by atoms with van der Waals surface area (Å²) in [5.41, 5.74) is 0.655. The number of hydrogen-bond donors (Lipinski definition) is 5. The lowest BCUT2D eigenvalue weighted by molar-refractivity contribution is -0.140. The number of nitrogens with one attached hydrogen (secondary N) is 3. The molecule has 1 aromatic rings. The van der Waals surface area contributed by atoms with E-state index in [9.17, 15) is 19.2 Å². The van der Waals surface area contributed by atoms with Crippen LogP contribution in [0.2, 0.25) is 0 Å². The van der Waals surface area contributed by atoms with Crippen molar-refractivity contribution in [3.8, 4) is 0 Å². The molecular formula is C28H49ClN6O11. The number of aryl methyl sites for hydroxylation is 1. The van der Waals surface area contributed by atoms with E-state index in [0.717, 1.165) is 12.8 Å². The highest BCUT2D eigenvalue weighted by molar-refractivity contribution is 6.17. The van der Waals surface area contributed by atoms with Crippen molar-refractivity contribution in [1.29, 1.82) is 0 Å². The molecule has 0 saturated carbocycles. The van der Waals surface area contributed by atoms with Gasteiger partial charge in [0.2, 0.25) is 5.91 Å². The number of nitrogens with zero attached hydrogens (tertiary/aromatic N) is 3. The quantitative estimate of drug-likeness (QED) is 0.0422. The van der Waals surface area contributed by atoms with Crippen molar-refractivity contribution in [3.05, 3.63) is 11.9 Å². The Bertz CT molecular complexity index is 972. The van der Waals surface area contributed by atoms with Gasteiger partial charge in [-0.25, -0.2) is 9.59 Å². The molecule has 0 unspecified atom stereocenters. The lowest BCUT2D eigenvalue weighted by Crippen LogP contribution is -2.46. The van der Waals surface area contributed by atoms with Gasteiger partial charge in [0.1, 0.15) is 18.5 Å². The van der Waals surface area contributed by atoms with Crippen LogP contribution < -0.4 is 16.0 Å². The van der Waals surface area contributed by atoms with E-state index in [1.807, 2.05) is 0 Å². The number of aromatic nitrogens is 3. The van der Waals surface area contributed by atoms with Crippen molar-refractivity contribution < 1.29 is 53.1 Å². The van der Waals surface area contributed by atoms with Crippen LogP contribution in [0.25, 0.3) is 0 Å². The van der Waals surface area contributed by atoms with Gasteiger partial charge in [-0.3, -0.25) is 14.3 Å². The molecule has 0 spiro atoms. The van der Waals surface area contributed by atoms with Gasteiger partial charge in [0.15, 0.2) is 0 Å². The van der Waals surface area contributed by atoms with Crippen molar-refractivity contribution in [3.63, 3.8) is 0 Å². The average molecular weight is 681 g/mol. The third kappa shape index (κ3) is 24.2. The SMILES string of the molecule is O=C(O)CC[C@H](NC(=O)NCCCCn1cc(COCCOCOCCCC(=O)NCCOCCOCCCCCl)nn1)C(=O)O. The number of urea groups is 1. The number of hydrogen-bond acceptors (Lipinski definition) is 11. The molecule has 1 rings (SSSR count). The topological polar surface area (TPSA) is 222 Å². The molecule has 17 nitrogen and oxygen atoms in total. The van der Waals surface area contributed by atoms with E-state index >= 15 is 0 Å². The van der Waals surface area contributed by atoms with Crippen molar-refractivity contribution in [2.75, 3.05) is 72.0 Å². The fourth-order valence-electron chi connectivity index (χ4n) is 3.63. The van der Waals surface area contributed by atoms with Crippen LogP contribution in [-0.2, 0) is 51.2 Å². The van der Waals surface area contributed by atoms with Gasteiger partial charge < -0.3 is 49.8 Å². The van der Waals surface area contributed by atoms with Gasteiger partial charge >= 0.3 is 18.0 Å². The number of rotatable bonds is 31. The monoisotopic (exact) mass is 680 g/mol. The summed E-state index contributed by atoms with van der Waals surface area (Å²) in [5.74, 6) is -1.84. The first-order valence-corrected chi connectivity index (χ1v) is 15.9. The minimum atomic E-state index is -1.29. The summed E-state index contributed by atoms with van der Waals surface area (Å²) in [7, 11) is 0. The molecule has 18 heteroatoms. The fourth-order valence-corrected chi connectivity index (χ4v) is 3.82. The van der Waals surface area contributed by atoms with Crippen LogP contribution in [0.5, 0.6) is 0 Å². The highest BCUT2D eigenvalue weighted by Crippen LogP contribution is 2.01. The number of amides is 3. The largest absolute Gasteiger partial charge is 0.481 e. The van der Waals surface area contributed by atoms with Crippen LogP contribution in [0.4, 0.5) is 4.79 Å². The minimum absolute atomic E-state index is 0.0580. The minimum Gasteiger partial charge on any atom is -0.481 e. The maximum Gasteiger partial charge on any atom is 0.326 e. The molecule has 264 valence electrons.